The van der Waals surface area contributed by atoms with Crippen LogP contribution in [0.5, 0.6) is 5.75 Å². The predicted octanol–water partition coefficient (Wildman–Crippen LogP) is 4.31. The molecule has 1 saturated carbocycles. The molecule has 1 amide bonds. The summed E-state index contributed by atoms with van der Waals surface area (Å²) in [6.07, 6.45) is 7.44. The van der Waals surface area contributed by atoms with Gasteiger partial charge in [-0.05, 0) is 67.6 Å². The largest absolute Gasteiger partial charge is 0.491 e. The highest BCUT2D eigenvalue weighted by molar-refractivity contribution is 6.01. The third-order valence-corrected chi connectivity index (χ3v) is 5.82. The van der Waals surface area contributed by atoms with Gasteiger partial charge in [0.15, 0.2) is 0 Å². The lowest BCUT2D eigenvalue weighted by Crippen LogP contribution is -2.27. The summed E-state index contributed by atoms with van der Waals surface area (Å²) in [7, 11) is 0. The monoisotopic (exact) mass is 449 g/mol. The normalized spacial score (nSPS) is 14.4. The van der Waals surface area contributed by atoms with Crippen molar-refractivity contribution in [2.45, 2.75) is 58.5 Å². The predicted molar refractivity (Wildman–Crippen MR) is 126 cm³/mol. The number of nitrogens with one attached hydrogen (secondary N) is 2. The summed E-state index contributed by atoms with van der Waals surface area (Å²) in [6.45, 7) is 5.60. The summed E-state index contributed by atoms with van der Waals surface area (Å²) < 4.78 is 5.74. The van der Waals surface area contributed by atoms with Gasteiger partial charge in [-0.25, -0.2) is 4.98 Å². The Bertz CT molecular complexity index is 1110. The van der Waals surface area contributed by atoms with E-state index in [2.05, 4.69) is 25.5 Å². The molecular formula is C25H31N5O3. The molecule has 2 aromatic heterocycles. The zero-order valence-corrected chi connectivity index (χ0v) is 19.4. The number of carbonyl (C=O) groups is 1. The molecule has 0 spiro atoms. The van der Waals surface area contributed by atoms with E-state index < -0.39 is 5.60 Å². The van der Waals surface area contributed by atoms with E-state index in [-0.39, 0.29) is 18.3 Å². The van der Waals surface area contributed by atoms with Crippen LogP contribution >= 0.6 is 0 Å². The number of H-pyrrole nitrogens is 1. The Hall–Kier alpha value is -3.26. The van der Waals surface area contributed by atoms with Crippen molar-refractivity contribution in [1.29, 1.82) is 0 Å². The lowest BCUT2D eigenvalue weighted by Gasteiger charge is -2.18. The number of aromatic nitrogens is 4. The van der Waals surface area contributed by atoms with Crippen molar-refractivity contribution >= 4 is 11.7 Å². The van der Waals surface area contributed by atoms with Crippen LogP contribution in [0.2, 0.25) is 0 Å². The third kappa shape index (κ3) is 6.16. The summed E-state index contributed by atoms with van der Waals surface area (Å²) in [5.41, 5.74) is 1.99. The highest BCUT2D eigenvalue weighted by atomic mass is 16.5. The minimum absolute atomic E-state index is 0.188. The first kappa shape index (κ1) is 22.9. The zero-order valence-electron chi connectivity index (χ0n) is 19.4. The average molecular weight is 450 g/mol. The number of nitrogens with zero attached hydrogens (tertiary/aromatic N) is 3. The molecule has 1 aliphatic carbocycles. The first-order valence-corrected chi connectivity index (χ1v) is 11.4. The van der Waals surface area contributed by atoms with Crippen molar-refractivity contribution in [3.8, 4) is 16.9 Å². The molecule has 33 heavy (non-hydrogen) atoms. The fourth-order valence-electron chi connectivity index (χ4n) is 4.08. The van der Waals surface area contributed by atoms with Crippen LogP contribution in [0, 0.1) is 12.8 Å². The van der Waals surface area contributed by atoms with Gasteiger partial charge in [-0.2, -0.15) is 0 Å². The maximum atomic E-state index is 12.7. The first-order chi connectivity index (χ1) is 15.8. The van der Waals surface area contributed by atoms with Crippen molar-refractivity contribution in [3.05, 3.63) is 53.7 Å². The number of pyridine rings is 1. The number of aromatic amines is 1. The molecule has 174 valence electrons. The number of hydrogen-bond donors (Lipinski definition) is 3. The van der Waals surface area contributed by atoms with Gasteiger partial charge >= 0.3 is 0 Å². The molecule has 8 heteroatoms. The van der Waals surface area contributed by atoms with E-state index >= 15 is 0 Å². The van der Waals surface area contributed by atoms with Gasteiger partial charge < -0.3 is 20.1 Å². The van der Waals surface area contributed by atoms with Gasteiger partial charge in [0, 0.05) is 12.6 Å². The maximum absolute atomic E-state index is 12.7. The molecule has 1 aromatic carbocycles. The van der Waals surface area contributed by atoms with Crippen LogP contribution in [-0.2, 0) is 6.42 Å². The smallest absolute Gasteiger partial charge is 0.294 e. The Kier molecular flexibility index (Phi) is 6.74. The number of amides is 1. The van der Waals surface area contributed by atoms with Crippen molar-refractivity contribution in [1.82, 2.24) is 20.2 Å². The van der Waals surface area contributed by atoms with Gasteiger partial charge in [0.25, 0.3) is 5.91 Å². The summed E-state index contributed by atoms with van der Waals surface area (Å²) in [5.74, 6) is 2.29. The molecule has 8 nitrogen and oxygen atoms in total. The zero-order chi connectivity index (χ0) is 23.4. The molecule has 0 aliphatic heterocycles. The van der Waals surface area contributed by atoms with E-state index in [1.54, 1.807) is 20.0 Å². The second-order valence-corrected chi connectivity index (χ2v) is 9.44. The van der Waals surface area contributed by atoms with E-state index in [4.69, 9.17) is 4.74 Å². The van der Waals surface area contributed by atoms with Gasteiger partial charge in [-0.3, -0.25) is 4.79 Å². The number of hydrogen-bond acceptors (Lipinski definition) is 6. The SMILES string of the molecule is Cc1ccc(OCC(C)(C)O)cc1-c1ccnc(NC(=O)c2nnc(CC3CCCC3)[nH]2)c1. The van der Waals surface area contributed by atoms with Gasteiger partial charge in [0.1, 0.15) is 24.0 Å². The van der Waals surface area contributed by atoms with Crippen LogP contribution in [0.1, 0.15) is 61.5 Å². The second-order valence-electron chi connectivity index (χ2n) is 9.44. The van der Waals surface area contributed by atoms with Crippen LogP contribution in [0.4, 0.5) is 5.82 Å². The molecule has 0 unspecified atom stereocenters. The van der Waals surface area contributed by atoms with E-state index in [1.165, 1.54) is 25.7 Å². The quantitative estimate of drug-likeness (QED) is 0.472. The van der Waals surface area contributed by atoms with Gasteiger partial charge in [-0.1, -0.05) is 31.7 Å². The Morgan fingerprint density at radius 3 is 2.76 bits per heavy atom. The van der Waals surface area contributed by atoms with Crippen molar-refractivity contribution < 1.29 is 14.6 Å². The van der Waals surface area contributed by atoms with Crippen LogP contribution in [0.25, 0.3) is 11.1 Å². The number of anilines is 1. The van der Waals surface area contributed by atoms with Crippen LogP contribution in [0.15, 0.2) is 36.5 Å². The minimum atomic E-state index is -0.920. The Labute approximate surface area is 193 Å². The summed E-state index contributed by atoms with van der Waals surface area (Å²) in [4.78, 5) is 20.0. The molecular weight excluding hydrogens is 418 g/mol. The Morgan fingerprint density at radius 2 is 2.00 bits per heavy atom. The van der Waals surface area contributed by atoms with Crippen molar-refractivity contribution in [2.75, 3.05) is 11.9 Å². The molecule has 2 heterocycles. The number of aliphatic hydroxyl groups is 1. The number of carbonyl (C=O) groups excluding carboxylic acids is 1. The van der Waals surface area contributed by atoms with Crippen molar-refractivity contribution in [2.24, 2.45) is 5.92 Å². The van der Waals surface area contributed by atoms with Crippen LogP contribution in [0.3, 0.4) is 0 Å². The lowest BCUT2D eigenvalue weighted by atomic mass is 10.0. The molecule has 1 fully saturated rings. The highest BCUT2D eigenvalue weighted by Gasteiger charge is 2.19. The number of aryl methyl sites for hydroxylation is 1. The number of rotatable bonds is 8. The van der Waals surface area contributed by atoms with Crippen molar-refractivity contribution in [3.63, 3.8) is 0 Å². The van der Waals surface area contributed by atoms with E-state index in [9.17, 15) is 9.90 Å². The molecule has 0 bridgehead atoms. The van der Waals surface area contributed by atoms with Gasteiger partial charge in [-0.15, -0.1) is 10.2 Å². The van der Waals surface area contributed by atoms with Crippen LogP contribution in [-0.4, -0.2) is 43.4 Å². The molecule has 0 radical (unpaired) electrons. The number of benzene rings is 1. The second kappa shape index (κ2) is 9.70. The summed E-state index contributed by atoms with van der Waals surface area (Å²) in [6, 6.07) is 9.46. The molecule has 3 N–H and O–H groups in total. The fraction of sp³-hybridized carbons (Fsp3) is 0.440. The first-order valence-electron chi connectivity index (χ1n) is 11.4. The van der Waals surface area contributed by atoms with Gasteiger partial charge in [0.2, 0.25) is 5.82 Å². The van der Waals surface area contributed by atoms with Crippen LogP contribution < -0.4 is 10.1 Å². The molecule has 3 aromatic rings. The molecule has 0 atom stereocenters. The topological polar surface area (TPSA) is 113 Å². The average Bonchev–Trinajstić information content (AvgIpc) is 3.45. The Balaban J connectivity index is 1.46. The van der Waals surface area contributed by atoms with E-state index in [1.807, 2.05) is 37.3 Å². The maximum Gasteiger partial charge on any atom is 0.294 e. The fourth-order valence-corrected chi connectivity index (χ4v) is 4.08. The summed E-state index contributed by atoms with van der Waals surface area (Å²) in [5, 5.41) is 20.9. The van der Waals surface area contributed by atoms with E-state index in [0.717, 1.165) is 28.9 Å². The molecule has 0 saturated heterocycles. The standard InChI is InChI=1S/C25H31N5O3/c1-16-8-9-19(33-15-25(2,3)32)14-20(16)18-10-11-26-21(13-18)28-24(31)23-27-22(29-30-23)12-17-6-4-5-7-17/h8-11,13-14,17,32H,4-7,12,15H2,1-3H3,(H,26,28,31)(H,27,29,30). The third-order valence-electron chi connectivity index (χ3n) is 5.82. The van der Waals surface area contributed by atoms with E-state index in [0.29, 0.717) is 17.5 Å². The molecule has 4 rings (SSSR count). The summed E-state index contributed by atoms with van der Waals surface area (Å²) >= 11 is 0. The van der Waals surface area contributed by atoms with Gasteiger partial charge in [0.05, 0.1) is 5.60 Å². The minimum Gasteiger partial charge on any atom is -0.491 e. The Morgan fingerprint density at radius 1 is 1.21 bits per heavy atom. The molecule has 1 aliphatic rings. The highest BCUT2D eigenvalue weighted by Crippen LogP contribution is 2.29. The number of ether oxygens (including phenoxy) is 1. The lowest BCUT2D eigenvalue weighted by molar-refractivity contribution is 0.0285.